The van der Waals surface area contributed by atoms with E-state index in [9.17, 15) is 0 Å². The maximum absolute atomic E-state index is 6.22. The summed E-state index contributed by atoms with van der Waals surface area (Å²) in [6.45, 7) is 1.14. The first-order valence-corrected chi connectivity index (χ1v) is 7.88. The lowest BCUT2D eigenvalue weighted by Crippen LogP contribution is -2.50. The van der Waals surface area contributed by atoms with Crippen LogP contribution in [0.2, 0.25) is 0 Å². The van der Waals surface area contributed by atoms with Gasteiger partial charge in [0.15, 0.2) is 0 Å². The highest BCUT2D eigenvalue weighted by molar-refractivity contribution is 5.41. The molecule has 0 amide bonds. The standard InChI is InChI=1S/C16H22O/c1-2-12(1)5-7-14-8-6-13(3-4-13)16(12,14)15(10-9-14)11-17-15/h1-11H2/t14?,15-,16?/m1/s1. The summed E-state index contributed by atoms with van der Waals surface area (Å²) in [6, 6.07) is 0. The average Bonchev–Trinajstić information content (AvgIpc) is 3.18. The van der Waals surface area contributed by atoms with E-state index < -0.39 is 0 Å². The molecular weight excluding hydrogens is 208 g/mol. The van der Waals surface area contributed by atoms with Gasteiger partial charge in [-0.1, -0.05) is 0 Å². The molecule has 1 atom stereocenters. The van der Waals surface area contributed by atoms with Crippen LogP contribution in [0.1, 0.15) is 64.2 Å². The second-order valence-electron chi connectivity index (χ2n) is 8.37. The van der Waals surface area contributed by atoms with E-state index >= 15 is 0 Å². The SMILES string of the molecule is C1CC12CCC13CCC4(CC4)C21[C@@]1(CC3)CO1. The van der Waals surface area contributed by atoms with Gasteiger partial charge in [-0.2, -0.15) is 0 Å². The molecule has 5 saturated carbocycles. The van der Waals surface area contributed by atoms with Gasteiger partial charge in [0.1, 0.15) is 0 Å². The van der Waals surface area contributed by atoms with Crippen LogP contribution in [-0.4, -0.2) is 12.2 Å². The average molecular weight is 230 g/mol. The maximum Gasteiger partial charge on any atom is 0.0988 e. The van der Waals surface area contributed by atoms with Gasteiger partial charge in [-0.15, -0.1) is 0 Å². The van der Waals surface area contributed by atoms with Crippen LogP contribution in [0.15, 0.2) is 0 Å². The fraction of sp³-hybridized carbons (Fsp3) is 1.00. The molecular formula is C16H22O. The van der Waals surface area contributed by atoms with E-state index in [1.165, 1.54) is 12.8 Å². The van der Waals surface area contributed by atoms with Crippen LogP contribution in [0.5, 0.6) is 0 Å². The minimum atomic E-state index is 0.410. The Morgan fingerprint density at radius 3 is 1.24 bits per heavy atom. The zero-order chi connectivity index (χ0) is 11.0. The van der Waals surface area contributed by atoms with Crippen molar-refractivity contribution in [3.05, 3.63) is 0 Å². The quantitative estimate of drug-likeness (QED) is 0.578. The van der Waals surface area contributed by atoms with Crippen LogP contribution >= 0.6 is 0 Å². The van der Waals surface area contributed by atoms with E-state index in [2.05, 4.69) is 0 Å². The van der Waals surface area contributed by atoms with E-state index in [1.807, 2.05) is 0 Å². The maximum atomic E-state index is 6.22. The van der Waals surface area contributed by atoms with Crippen molar-refractivity contribution in [2.24, 2.45) is 21.7 Å². The monoisotopic (exact) mass is 230 g/mol. The molecule has 1 aliphatic heterocycles. The molecule has 17 heavy (non-hydrogen) atoms. The van der Waals surface area contributed by atoms with Gasteiger partial charge in [-0.3, -0.25) is 0 Å². The Morgan fingerprint density at radius 2 is 0.882 bits per heavy atom. The Bertz CT molecular complexity index is 374. The zero-order valence-electron chi connectivity index (χ0n) is 10.7. The number of hydrogen-bond donors (Lipinski definition) is 0. The summed E-state index contributed by atoms with van der Waals surface area (Å²) in [5.41, 5.74) is 3.43. The first kappa shape index (κ1) is 8.96. The molecule has 0 unspecified atom stereocenters. The molecule has 0 N–H and O–H groups in total. The summed E-state index contributed by atoms with van der Waals surface area (Å²) < 4.78 is 6.22. The second kappa shape index (κ2) is 2.03. The molecule has 1 saturated heterocycles. The zero-order valence-corrected chi connectivity index (χ0v) is 10.7. The first-order valence-electron chi connectivity index (χ1n) is 7.88. The molecule has 6 fully saturated rings. The third-order valence-electron chi connectivity index (χ3n) is 8.44. The lowest BCUT2D eigenvalue weighted by molar-refractivity contribution is -0.0382. The van der Waals surface area contributed by atoms with E-state index in [-0.39, 0.29) is 0 Å². The molecule has 92 valence electrons. The van der Waals surface area contributed by atoms with Gasteiger partial charge >= 0.3 is 0 Å². The second-order valence-corrected chi connectivity index (χ2v) is 8.37. The van der Waals surface area contributed by atoms with Gasteiger partial charge in [-0.25, -0.2) is 0 Å². The molecule has 0 radical (unpaired) electrons. The van der Waals surface area contributed by atoms with Crippen LogP contribution in [0.3, 0.4) is 0 Å². The lowest BCUT2D eigenvalue weighted by atomic mass is 9.55. The van der Waals surface area contributed by atoms with E-state index in [1.54, 1.807) is 51.4 Å². The topological polar surface area (TPSA) is 12.5 Å². The van der Waals surface area contributed by atoms with Crippen LogP contribution in [-0.2, 0) is 4.74 Å². The van der Waals surface area contributed by atoms with Crippen molar-refractivity contribution in [1.82, 2.24) is 0 Å². The number of epoxide rings is 1. The van der Waals surface area contributed by atoms with E-state index in [4.69, 9.17) is 4.74 Å². The van der Waals surface area contributed by atoms with Crippen molar-refractivity contribution in [1.29, 1.82) is 0 Å². The molecule has 0 aromatic rings. The third kappa shape index (κ3) is 0.601. The molecule has 1 heteroatoms. The predicted molar refractivity (Wildman–Crippen MR) is 64.6 cm³/mol. The molecule has 1 heterocycles. The molecule has 3 spiro atoms. The van der Waals surface area contributed by atoms with Crippen molar-refractivity contribution < 1.29 is 4.74 Å². The minimum absolute atomic E-state index is 0.410. The van der Waals surface area contributed by atoms with Crippen molar-refractivity contribution in [2.45, 2.75) is 69.8 Å². The Hall–Kier alpha value is -0.0400. The van der Waals surface area contributed by atoms with E-state index in [0.29, 0.717) is 11.0 Å². The summed E-state index contributed by atoms with van der Waals surface area (Å²) in [5, 5.41) is 0. The number of hydrogen-bond acceptors (Lipinski definition) is 1. The Labute approximate surface area is 103 Å². The molecule has 1 nitrogen and oxygen atoms in total. The van der Waals surface area contributed by atoms with Gasteiger partial charge in [-0.05, 0) is 80.5 Å². The molecule has 5 aliphatic carbocycles. The van der Waals surface area contributed by atoms with Crippen LogP contribution in [0, 0.1) is 21.7 Å². The van der Waals surface area contributed by atoms with Crippen molar-refractivity contribution in [2.75, 3.05) is 6.61 Å². The number of ether oxygens (including phenoxy) is 1. The fourth-order valence-corrected chi connectivity index (χ4v) is 8.04. The molecule has 6 rings (SSSR count). The van der Waals surface area contributed by atoms with Gasteiger partial charge in [0.05, 0.1) is 12.2 Å². The minimum Gasteiger partial charge on any atom is -0.369 e. The van der Waals surface area contributed by atoms with Crippen molar-refractivity contribution in [3.63, 3.8) is 0 Å². The van der Waals surface area contributed by atoms with Gasteiger partial charge < -0.3 is 4.74 Å². The van der Waals surface area contributed by atoms with E-state index in [0.717, 1.165) is 22.9 Å². The summed E-state index contributed by atoms with van der Waals surface area (Å²) in [4.78, 5) is 0. The van der Waals surface area contributed by atoms with Gasteiger partial charge in [0.2, 0.25) is 0 Å². The van der Waals surface area contributed by atoms with Gasteiger partial charge in [0.25, 0.3) is 0 Å². The van der Waals surface area contributed by atoms with Crippen LogP contribution in [0.4, 0.5) is 0 Å². The highest BCUT2D eigenvalue weighted by Gasteiger charge is 2.92. The highest BCUT2D eigenvalue weighted by Crippen LogP contribution is 2.96. The summed E-state index contributed by atoms with van der Waals surface area (Å²) in [6.07, 6.45) is 15.5. The predicted octanol–water partition coefficient (Wildman–Crippen LogP) is 3.67. The summed E-state index contributed by atoms with van der Waals surface area (Å²) in [5.74, 6) is 0. The van der Waals surface area contributed by atoms with Crippen molar-refractivity contribution >= 4 is 0 Å². The number of rotatable bonds is 0. The largest absolute Gasteiger partial charge is 0.369 e. The Kier molecular flexibility index (Phi) is 1.07. The summed E-state index contributed by atoms with van der Waals surface area (Å²) >= 11 is 0. The molecule has 0 aromatic carbocycles. The fourth-order valence-electron chi connectivity index (χ4n) is 8.04. The van der Waals surface area contributed by atoms with Crippen LogP contribution in [0.25, 0.3) is 0 Å². The Morgan fingerprint density at radius 1 is 0.529 bits per heavy atom. The first-order chi connectivity index (χ1) is 8.24. The Balaban J connectivity index is 1.72. The lowest BCUT2D eigenvalue weighted by Gasteiger charge is -2.47. The smallest absolute Gasteiger partial charge is 0.0988 e. The molecule has 0 aromatic heterocycles. The molecule has 6 aliphatic rings. The van der Waals surface area contributed by atoms with Crippen molar-refractivity contribution in [3.8, 4) is 0 Å². The van der Waals surface area contributed by atoms with Gasteiger partial charge in [0, 0.05) is 5.41 Å². The third-order valence-corrected chi connectivity index (χ3v) is 8.44. The normalized spacial score (nSPS) is 62.1. The summed E-state index contributed by atoms with van der Waals surface area (Å²) in [7, 11) is 0. The molecule has 0 bridgehead atoms. The van der Waals surface area contributed by atoms with Crippen LogP contribution < -0.4 is 0 Å². The highest BCUT2D eigenvalue weighted by atomic mass is 16.6.